The molecule has 102 valence electrons. The standard InChI is InChI=1S/C12H12I2N6/c1-17-7-11(13)19(15-17)9-4-3-5-10(6-9)20-12(14)8-18(2)16-20/h3-8H,1-2H3/q+2. The van der Waals surface area contributed by atoms with Crippen LogP contribution in [-0.2, 0) is 14.1 Å². The van der Waals surface area contributed by atoms with E-state index in [1.54, 1.807) is 9.36 Å². The van der Waals surface area contributed by atoms with E-state index in [1.807, 2.05) is 54.1 Å². The fraction of sp³-hybridized carbons (Fsp3) is 0.167. The van der Waals surface area contributed by atoms with Crippen LogP contribution in [0.2, 0.25) is 0 Å². The van der Waals surface area contributed by atoms with Gasteiger partial charge in [0.25, 0.3) is 0 Å². The molecular weight excluding hydrogens is 482 g/mol. The van der Waals surface area contributed by atoms with Gasteiger partial charge in [0.1, 0.15) is 14.1 Å². The number of aromatic nitrogens is 6. The zero-order chi connectivity index (χ0) is 14.3. The lowest BCUT2D eigenvalue weighted by molar-refractivity contribution is -0.731. The Bertz CT molecular complexity index is 715. The minimum absolute atomic E-state index is 1.02. The van der Waals surface area contributed by atoms with Gasteiger partial charge in [0.15, 0.2) is 23.8 Å². The Kier molecular flexibility index (Phi) is 3.75. The van der Waals surface area contributed by atoms with Crippen LogP contribution in [0.1, 0.15) is 0 Å². The molecule has 0 unspecified atom stereocenters. The van der Waals surface area contributed by atoms with E-state index in [0.717, 1.165) is 18.8 Å². The fourth-order valence-electron chi connectivity index (χ4n) is 1.94. The van der Waals surface area contributed by atoms with Crippen molar-refractivity contribution >= 4 is 45.2 Å². The Morgan fingerprint density at radius 3 is 1.70 bits per heavy atom. The Morgan fingerprint density at radius 1 is 0.900 bits per heavy atom. The van der Waals surface area contributed by atoms with E-state index < -0.39 is 0 Å². The summed E-state index contributed by atoms with van der Waals surface area (Å²) in [7, 11) is 3.83. The zero-order valence-electron chi connectivity index (χ0n) is 10.9. The molecule has 0 bridgehead atoms. The summed E-state index contributed by atoms with van der Waals surface area (Å²) >= 11 is 4.55. The highest BCUT2D eigenvalue weighted by molar-refractivity contribution is 14.1. The molecule has 0 fully saturated rings. The number of aryl methyl sites for hydroxylation is 2. The van der Waals surface area contributed by atoms with Crippen molar-refractivity contribution < 1.29 is 9.36 Å². The molecule has 6 nitrogen and oxygen atoms in total. The van der Waals surface area contributed by atoms with E-state index in [-0.39, 0.29) is 0 Å². The van der Waals surface area contributed by atoms with Gasteiger partial charge in [-0.05, 0) is 12.1 Å². The van der Waals surface area contributed by atoms with Crippen LogP contribution < -0.4 is 9.36 Å². The van der Waals surface area contributed by atoms with Crippen molar-refractivity contribution in [2.24, 2.45) is 14.1 Å². The lowest BCUT2D eigenvalue weighted by atomic mass is 10.3. The highest BCUT2D eigenvalue weighted by Gasteiger charge is 2.18. The van der Waals surface area contributed by atoms with Crippen molar-refractivity contribution in [3.63, 3.8) is 0 Å². The second-order valence-corrected chi connectivity index (χ2v) is 6.58. The Morgan fingerprint density at radius 2 is 1.35 bits per heavy atom. The molecule has 0 aliphatic rings. The summed E-state index contributed by atoms with van der Waals surface area (Å²) in [5, 5.41) is 8.86. The van der Waals surface area contributed by atoms with Gasteiger partial charge in [0.2, 0.25) is 7.40 Å². The van der Waals surface area contributed by atoms with Gasteiger partial charge in [-0.15, -0.1) is 9.36 Å². The predicted molar refractivity (Wildman–Crippen MR) is 88.5 cm³/mol. The third-order valence-corrected chi connectivity index (χ3v) is 4.24. The monoisotopic (exact) mass is 494 g/mol. The average molecular weight is 494 g/mol. The van der Waals surface area contributed by atoms with E-state index in [1.165, 1.54) is 0 Å². The van der Waals surface area contributed by atoms with Gasteiger partial charge in [0, 0.05) is 51.2 Å². The molecule has 0 amide bonds. The normalized spacial score (nSPS) is 11.0. The summed E-state index contributed by atoms with van der Waals surface area (Å²) in [4.78, 5) is 0. The first-order valence-corrected chi connectivity index (χ1v) is 8.04. The Labute approximate surface area is 143 Å². The van der Waals surface area contributed by atoms with Crippen molar-refractivity contribution in [1.82, 2.24) is 19.8 Å². The third-order valence-electron chi connectivity index (χ3n) is 2.77. The number of hydrogen-bond acceptors (Lipinski definition) is 2. The molecule has 1 aromatic carbocycles. The smallest absolute Gasteiger partial charge is 0.139 e. The van der Waals surface area contributed by atoms with Crippen molar-refractivity contribution in [2.75, 3.05) is 0 Å². The lowest BCUT2D eigenvalue weighted by Gasteiger charge is -1.97. The van der Waals surface area contributed by atoms with Gasteiger partial charge in [-0.2, -0.15) is 0 Å². The quantitative estimate of drug-likeness (QED) is 0.393. The summed E-state index contributed by atoms with van der Waals surface area (Å²) < 4.78 is 9.52. The summed E-state index contributed by atoms with van der Waals surface area (Å²) in [5.41, 5.74) is 2.03. The van der Waals surface area contributed by atoms with E-state index >= 15 is 0 Å². The number of benzene rings is 1. The number of hydrogen-bond donors (Lipinski definition) is 0. The summed E-state index contributed by atoms with van der Waals surface area (Å²) in [6.45, 7) is 0. The molecule has 0 aliphatic heterocycles. The van der Waals surface area contributed by atoms with Gasteiger partial charge in [0.05, 0.1) is 10.4 Å². The number of rotatable bonds is 2. The second kappa shape index (κ2) is 5.39. The summed E-state index contributed by atoms with van der Waals surface area (Å²) in [5.74, 6) is 0. The molecule has 2 aromatic heterocycles. The molecule has 3 aromatic rings. The first kappa shape index (κ1) is 13.9. The van der Waals surface area contributed by atoms with Crippen LogP contribution in [0.4, 0.5) is 0 Å². The van der Waals surface area contributed by atoms with Gasteiger partial charge >= 0.3 is 0 Å². The van der Waals surface area contributed by atoms with Crippen LogP contribution in [0.15, 0.2) is 36.7 Å². The lowest BCUT2D eigenvalue weighted by Crippen LogP contribution is -2.30. The largest absolute Gasteiger partial charge is 0.233 e. The number of nitrogens with zero attached hydrogens (tertiary/aromatic N) is 6. The van der Waals surface area contributed by atoms with E-state index in [4.69, 9.17) is 0 Å². The summed E-state index contributed by atoms with van der Waals surface area (Å²) in [6.07, 6.45) is 3.95. The van der Waals surface area contributed by atoms with Crippen LogP contribution in [0.5, 0.6) is 0 Å². The van der Waals surface area contributed by atoms with Gasteiger partial charge in [-0.1, -0.05) is 15.4 Å². The van der Waals surface area contributed by atoms with Gasteiger partial charge < -0.3 is 0 Å². The first-order valence-electron chi connectivity index (χ1n) is 5.88. The van der Waals surface area contributed by atoms with Crippen molar-refractivity contribution in [3.05, 3.63) is 44.1 Å². The van der Waals surface area contributed by atoms with Crippen LogP contribution in [-0.4, -0.2) is 19.8 Å². The van der Waals surface area contributed by atoms with Crippen LogP contribution in [0.25, 0.3) is 11.4 Å². The molecule has 3 rings (SSSR count). The highest BCUT2D eigenvalue weighted by atomic mass is 127. The molecule has 0 aliphatic carbocycles. The first-order chi connectivity index (χ1) is 9.54. The van der Waals surface area contributed by atoms with Crippen molar-refractivity contribution in [1.29, 1.82) is 0 Å². The topological polar surface area (TPSA) is 43.4 Å². The summed E-state index contributed by atoms with van der Waals surface area (Å²) in [6, 6.07) is 8.16. The fourth-order valence-corrected chi connectivity index (χ4v) is 3.50. The van der Waals surface area contributed by atoms with E-state index in [9.17, 15) is 0 Å². The molecule has 0 saturated carbocycles. The maximum absolute atomic E-state index is 4.43. The number of halogens is 2. The van der Waals surface area contributed by atoms with Gasteiger partial charge in [-0.3, -0.25) is 0 Å². The molecule has 0 atom stereocenters. The zero-order valence-corrected chi connectivity index (χ0v) is 15.2. The van der Waals surface area contributed by atoms with Crippen LogP contribution in [0.3, 0.4) is 0 Å². The molecular formula is C12H12I2N6+2. The molecule has 0 N–H and O–H groups in total. The second-order valence-electron chi connectivity index (χ2n) is 4.37. The molecule has 2 heterocycles. The Balaban J connectivity index is 2.10. The van der Waals surface area contributed by atoms with Gasteiger partial charge in [-0.25, -0.2) is 0 Å². The van der Waals surface area contributed by atoms with Crippen molar-refractivity contribution in [2.45, 2.75) is 0 Å². The van der Waals surface area contributed by atoms with Crippen LogP contribution >= 0.6 is 45.2 Å². The van der Waals surface area contributed by atoms with E-state index in [2.05, 4.69) is 61.7 Å². The molecule has 20 heavy (non-hydrogen) atoms. The average Bonchev–Trinajstić information content (AvgIpc) is 2.91. The minimum atomic E-state index is 1.02. The highest BCUT2D eigenvalue weighted by Crippen LogP contribution is 2.16. The molecule has 8 heteroatoms. The minimum Gasteiger partial charge on any atom is -0.139 e. The maximum atomic E-state index is 4.43. The maximum Gasteiger partial charge on any atom is 0.233 e. The van der Waals surface area contributed by atoms with Crippen LogP contribution in [0, 0.1) is 7.40 Å². The van der Waals surface area contributed by atoms with Crippen molar-refractivity contribution in [3.8, 4) is 11.4 Å². The predicted octanol–water partition coefficient (Wildman–Crippen LogP) is 0.916. The molecule has 0 saturated heterocycles. The van der Waals surface area contributed by atoms with E-state index in [0.29, 0.717) is 0 Å². The Hall–Kier alpha value is -1.04. The third kappa shape index (κ3) is 2.57. The SMILES string of the molecule is C[n+]1cc(I)n(-c2cccc(-n3n[n+](C)cc3I)c2)n1. The molecule has 0 radical (unpaired) electrons. The molecule has 0 spiro atoms.